The predicted molar refractivity (Wildman–Crippen MR) is 102 cm³/mol. The maximum atomic E-state index is 12.7. The molecule has 2 aromatic carbocycles. The van der Waals surface area contributed by atoms with Gasteiger partial charge in [-0.3, -0.25) is 0 Å². The van der Waals surface area contributed by atoms with Crippen LogP contribution in [-0.2, 0) is 15.5 Å². The van der Waals surface area contributed by atoms with Crippen molar-refractivity contribution in [1.82, 2.24) is 0 Å². The van der Waals surface area contributed by atoms with Gasteiger partial charge >= 0.3 is 13.3 Å². The van der Waals surface area contributed by atoms with Gasteiger partial charge in [0, 0.05) is 0 Å². The molecule has 0 N–H and O–H groups in total. The molecule has 0 aromatic heterocycles. The topological polar surface area (TPSA) is 36.9 Å². The van der Waals surface area contributed by atoms with Gasteiger partial charge in [0.05, 0.1) is 16.8 Å². The zero-order valence-electron chi connectivity index (χ0n) is 16.7. The van der Waals surface area contributed by atoms with Gasteiger partial charge < -0.3 is 18.8 Å². The van der Waals surface area contributed by atoms with Crippen LogP contribution in [0, 0.1) is 0 Å². The summed E-state index contributed by atoms with van der Waals surface area (Å²) in [5, 5.41) is 0. The molecule has 0 radical (unpaired) electrons. The Bertz CT molecular complexity index is 893. The van der Waals surface area contributed by atoms with Crippen molar-refractivity contribution >= 4 is 12.6 Å². The number of halogens is 3. The number of rotatable bonds is 2. The van der Waals surface area contributed by atoms with E-state index in [1.54, 1.807) is 6.07 Å². The van der Waals surface area contributed by atoms with E-state index in [1.807, 2.05) is 39.8 Å². The van der Waals surface area contributed by atoms with Crippen LogP contribution in [0.1, 0.15) is 44.9 Å². The largest absolute Gasteiger partial charge is 0.494 e. The third kappa shape index (κ3) is 3.71. The first-order valence-corrected chi connectivity index (χ1v) is 9.42. The summed E-state index contributed by atoms with van der Waals surface area (Å²) in [5.74, 6) is 1.08. The summed E-state index contributed by atoms with van der Waals surface area (Å²) in [6.45, 7) is 8.14. The van der Waals surface area contributed by atoms with E-state index in [1.165, 1.54) is 12.1 Å². The standard InChI is InChI=1S/C21H22BF3O4/c1-19(2)20(3,4)29-22(28-19)15-9-10-16-17(11-15)26-12-18(27-16)13-5-7-14(8-6-13)21(23,24)25/h5-11,18H,12H2,1-4H3. The van der Waals surface area contributed by atoms with Gasteiger partial charge in [-0.15, -0.1) is 0 Å². The number of fused-ring (bicyclic) bond motifs is 1. The second-order valence-corrected chi connectivity index (χ2v) is 8.33. The molecule has 2 heterocycles. The molecule has 8 heteroatoms. The highest BCUT2D eigenvalue weighted by atomic mass is 19.4. The third-order valence-corrected chi connectivity index (χ3v) is 5.76. The molecule has 1 unspecified atom stereocenters. The molecule has 4 rings (SSSR count). The number of hydrogen-bond acceptors (Lipinski definition) is 4. The number of alkyl halides is 3. The van der Waals surface area contributed by atoms with Crippen molar-refractivity contribution in [3.63, 3.8) is 0 Å². The van der Waals surface area contributed by atoms with Gasteiger partial charge in [0.25, 0.3) is 0 Å². The van der Waals surface area contributed by atoms with E-state index in [0.717, 1.165) is 17.6 Å². The highest BCUT2D eigenvalue weighted by Gasteiger charge is 2.51. The molecule has 1 fully saturated rings. The molecule has 0 amide bonds. The Labute approximate surface area is 168 Å². The van der Waals surface area contributed by atoms with Crippen LogP contribution < -0.4 is 14.9 Å². The van der Waals surface area contributed by atoms with E-state index in [4.69, 9.17) is 18.8 Å². The average Bonchev–Trinajstić information content (AvgIpc) is 2.88. The van der Waals surface area contributed by atoms with Crippen LogP contribution in [0.4, 0.5) is 13.2 Å². The summed E-state index contributed by atoms with van der Waals surface area (Å²) in [6.07, 6.45) is -4.84. The number of hydrogen-bond donors (Lipinski definition) is 0. The van der Waals surface area contributed by atoms with Crippen LogP contribution in [0.15, 0.2) is 42.5 Å². The van der Waals surface area contributed by atoms with Crippen molar-refractivity contribution in [2.75, 3.05) is 6.61 Å². The summed E-state index contributed by atoms with van der Waals surface area (Å²) in [5.41, 5.74) is -0.139. The first-order chi connectivity index (χ1) is 13.5. The van der Waals surface area contributed by atoms with Gasteiger partial charge in [0.1, 0.15) is 6.61 Å². The molecule has 154 valence electrons. The molecule has 2 aliphatic rings. The fourth-order valence-corrected chi connectivity index (χ4v) is 3.26. The highest BCUT2D eigenvalue weighted by molar-refractivity contribution is 6.62. The Kier molecular flexibility index (Phi) is 4.62. The molecular weight excluding hydrogens is 384 g/mol. The summed E-state index contributed by atoms with van der Waals surface area (Å²) in [4.78, 5) is 0. The van der Waals surface area contributed by atoms with Gasteiger partial charge in [-0.1, -0.05) is 18.2 Å². The van der Waals surface area contributed by atoms with Crippen LogP contribution in [0.5, 0.6) is 11.5 Å². The van der Waals surface area contributed by atoms with Crippen molar-refractivity contribution < 1.29 is 32.0 Å². The quantitative estimate of drug-likeness (QED) is 0.688. The minimum atomic E-state index is -4.36. The molecule has 1 atom stereocenters. The van der Waals surface area contributed by atoms with Crippen molar-refractivity contribution in [1.29, 1.82) is 0 Å². The van der Waals surface area contributed by atoms with Crippen molar-refractivity contribution in [2.45, 2.75) is 51.2 Å². The highest BCUT2D eigenvalue weighted by Crippen LogP contribution is 2.39. The normalized spacial score (nSPS) is 22.6. The third-order valence-electron chi connectivity index (χ3n) is 5.76. The number of benzene rings is 2. The minimum absolute atomic E-state index is 0.200. The lowest BCUT2D eigenvalue weighted by Gasteiger charge is -2.32. The van der Waals surface area contributed by atoms with Gasteiger partial charge in [-0.05, 0) is 63.0 Å². The lowest BCUT2D eigenvalue weighted by Crippen LogP contribution is -2.41. The summed E-state index contributed by atoms with van der Waals surface area (Å²) in [7, 11) is -0.512. The molecule has 0 bridgehead atoms. The van der Waals surface area contributed by atoms with E-state index in [9.17, 15) is 13.2 Å². The Morgan fingerprint density at radius 3 is 2.10 bits per heavy atom. The van der Waals surface area contributed by atoms with E-state index >= 15 is 0 Å². The maximum absolute atomic E-state index is 12.7. The molecule has 4 nitrogen and oxygen atoms in total. The second kappa shape index (κ2) is 6.67. The second-order valence-electron chi connectivity index (χ2n) is 8.33. The lowest BCUT2D eigenvalue weighted by molar-refractivity contribution is -0.137. The summed E-state index contributed by atoms with van der Waals surface area (Å²) >= 11 is 0. The monoisotopic (exact) mass is 406 g/mol. The van der Waals surface area contributed by atoms with E-state index in [0.29, 0.717) is 17.1 Å². The van der Waals surface area contributed by atoms with Crippen molar-refractivity contribution in [3.05, 3.63) is 53.6 Å². The van der Waals surface area contributed by atoms with Gasteiger partial charge in [-0.2, -0.15) is 13.2 Å². The van der Waals surface area contributed by atoms with E-state index in [2.05, 4.69) is 0 Å². The van der Waals surface area contributed by atoms with Crippen LogP contribution >= 0.6 is 0 Å². The van der Waals surface area contributed by atoms with E-state index in [-0.39, 0.29) is 6.61 Å². The molecule has 0 aliphatic carbocycles. The zero-order valence-corrected chi connectivity index (χ0v) is 16.7. The molecule has 0 saturated carbocycles. The van der Waals surface area contributed by atoms with Gasteiger partial charge in [0.15, 0.2) is 17.6 Å². The molecule has 0 spiro atoms. The van der Waals surface area contributed by atoms with Crippen molar-refractivity contribution in [2.24, 2.45) is 0 Å². The number of ether oxygens (including phenoxy) is 2. The SMILES string of the molecule is CC1(C)OB(c2ccc3c(c2)OCC(c2ccc(C(F)(F)F)cc2)O3)OC1(C)C. The first kappa shape index (κ1) is 20.1. The minimum Gasteiger partial charge on any atom is -0.485 e. The van der Waals surface area contributed by atoms with Gasteiger partial charge in [0.2, 0.25) is 0 Å². The van der Waals surface area contributed by atoms with Crippen LogP contribution in [-0.4, -0.2) is 24.9 Å². The van der Waals surface area contributed by atoms with Gasteiger partial charge in [-0.25, -0.2) is 0 Å². The van der Waals surface area contributed by atoms with Crippen LogP contribution in [0.25, 0.3) is 0 Å². The maximum Gasteiger partial charge on any atom is 0.494 e. The van der Waals surface area contributed by atoms with E-state index < -0.39 is 36.2 Å². The molecule has 29 heavy (non-hydrogen) atoms. The van der Waals surface area contributed by atoms with Crippen LogP contribution in [0.2, 0.25) is 0 Å². The van der Waals surface area contributed by atoms with Crippen LogP contribution in [0.3, 0.4) is 0 Å². The lowest BCUT2D eigenvalue weighted by atomic mass is 9.79. The smallest absolute Gasteiger partial charge is 0.485 e. The molecule has 2 aliphatic heterocycles. The average molecular weight is 406 g/mol. The fourth-order valence-electron chi connectivity index (χ4n) is 3.26. The van der Waals surface area contributed by atoms with Crippen molar-refractivity contribution in [3.8, 4) is 11.5 Å². The Hall–Kier alpha value is -2.19. The molecular formula is C21H22BF3O4. The Morgan fingerprint density at radius 2 is 1.52 bits per heavy atom. The summed E-state index contributed by atoms with van der Waals surface area (Å²) < 4.78 is 62.1. The zero-order chi connectivity index (χ0) is 21.0. The predicted octanol–water partition coefficient (Wildman–Crippen LogP) is 4.52. The fraction of sp³-hybridized carbons (Fsp3) is 0.429. The Morgan fingerprint density at radius 1 is 0.897 bits per heavy atom. The molecule has 1 saturated heterocycles. The first-order valence-electron chi connectivity index (χ1n) is 9.42. The molecule has 2 aromatic rings. The Balaban J connectivity index is 1.50. The summed E-state index contributed by atoms with van der Waals surface area (Å²) in [6, 6.07) is 10.4.